The molecule has 0 radical (unpaired) electrons. The van der Waals surface area contributed by atoms with Crippen molar-refractivity contribution in [2.75, 3.05) is 19.6 Å². The van der Waals surface area contributed by atoms with Gasteiger partial charge in [-0.3, -0.25) is 0 Å². The van der Waals surface area contributed by atoms with E-state index in [1.165, 1.54) is 69.1 Å². The summed E-state index contributed by atoms with van der Waals surface area (Å²) < 4.78 is 1.39. The molecule has 1 heteroatoms. The van der Waals surface area contributed by atoms with Gasteiger partial charge in [0.25, 0.3) is 0 Å². The molecule has 0 aliphatic rings. The van der Waals surface area contributed by atoms with E-state index in [0.717, 1.165) is 12.0 Å². The normalized spacial score (nSPS) is 15.5. The number of hydrogen-bond donors (Lipinski definition) is 0. The van der Waals surface area contributed by atoms with E-state index in [1.807, 2.05) is 0 Å². The zero-order chi connectivity index (χ0) is 14.7. The molecule has 0 N–H and O–H groups in total. The molecule has 0 amide bonds. The Balaban J connectivity index is 4.93. The number of quaternary nitrogens is 1. The lowest BCUT2D eigenvalue weighted by molar-refractivity contribution is -0.953. The Morgan fingerprint density at radius 1 is 0.789 bits per heavy atom. The van der Waals surface area contributed by atoms with E-state index in [2.05, 4.69) is 41.5 Å². The van der Waals surface area contributed by atoms with Gasteiger partial charge in [-0.1, -0.05) is 53.9 Å². The zero-order valence-corrected chi connectivity index (χ0v) is 14.7. The average molecular weight is 271 g/mol. The molecule has 2 atom stereocenters. The summed E-state index contributed by atoms with van der Waals surface area (Å²) in [5.41, 5.74) is 0. The molecule has 0 bridgehead atoms. The molecule has 0 aromatic heterocycles. The maximum absolute atomic E-state index is 2.51. The van der Waals surface area contributed by atoms with E-state index < -0.39 is 0 Å². The first-order valence-electron chi connectivity index (χ1n) is 8.91. The van der Waals surface area contributed by atoms with Crippen LogP contribution in [0.15, 0.2) is 0 Å². The summed E-state index contributed by atoms with van der Waals surface area (Å²) in [6.07, 6.45) is 9.53. The molecular weight excluding hydrogens is 230 g/mol. The summed E-state index contributed by atoms with van der Waals surface area (Å²) in [6, 6.07) is 0.845. The lowest BCUT2D eigenvalue weighted by atomic mass is 10.00. The Kier molecular flexibility index (Phi) is 10.7. The van der Waals surface area contributed by atoms with Gasteiger partial charge in [0.2, 0.25) is 0 Å². The summed E-state index contributed by atoms with van der Waals surface area (Å²) in [5.74, 6) is 0.869. The van der Waals surface area contributed by atoms with Crippen LogP contribution in [-0.2, 0) is 0 Å². The van der Waals surface area contributed by atoms with Crippen LogP contribution in [0.4, 0.5) is 0 Å². The van der Waals surface area contributed by atoms with E-state index in [0.29, 0.717) is 0 Å². The molecule has 116 valence electrons. The molecule has 0 aliphatic carbocycles. The van der Waals surface area contributed by atoms with Crippen molar-refractivity contribution in [2.45, 2.75) is 92.5 Å². The highest BCUT2D eigenvalue weighted by atomic mass is 15.4. The first-order valence-corrected chi connectivity index (χ1v) is 8.91. The molecule has 0 aromatic carbocycles. The predicted octanol–water partition coefficient (Wildman–Crippen LogP) is 5.64. The molecule has 0 rings (SSSR count). The molecule has 0 spiro atoms. The Bertz CT molecular complexity index is 192. The van der Waals surface area contributed by atoms with Crippen molar-refractivity contribution in [1.82, 2.24) is 0 Å². The molecule has 0 fully saturated rings. The molecule has 0 heterocycles. The second-order valence-electron chi connectivity index (χ2n) is 6.71. The van der Waals surface area contributed by atoms with Gasteiger partial charge in [-0.15, -0.1) is 0 Å². The van der Waals surface area contributed by atoms with Gasteiger partial charge >= 0.3 is 0 Å². The fraction of sp³-hybridized carbons (Fsp3) is 1.00. The number of unbranched alkanes of at least 4 members (excludes halogenated alkanes) is 2. The maximum atomic E-state index is 2.51. The van der Waals surface area contributed by atoms with Gasteiger partial charge in [0.15, 0.2) is 0 Å². The van der Waals surface area contributed by atoms with E-state index >= 15 is 0 Å². The molecule has 1 nitrogen and oxygen atoms in total. The second-order valence-corrected chi connectivity index (χ2v) is 6.71. The lowest BCUT2D eigenvalue weighted by Crippen LogP contribution is -2.57. The van der Waals surface area contributed by atoms with Crippen molar-refractivity contribution in [3.63, 3.8) is 0 Å². The van der Waals surface area contributed by atoms with Crippen molar-refractivity contribution in [3.05, 3.63) is 0 Å². The SMILES string of the molecule is CCCC[N+](CCCC)(CC(C)CC)C(C)CCC. The largest absolute Gasteiger partial charge is 0.321 e. The van der Waals surface area contributed by atoms with Crippen LogP contribution in [0, 0.1) is 5.92 Å². The first-order chi connectivity index (χ1) is 9.06. The van der Waals surface area contributed by atoms with Gasteiger partial charge in [0.1, 0.15) is 0 Å². The number of rotatable bonds is 12. The molecular formula is C18H40N+. The summed E-state index contributed by atoms with van der Waals surface area (Å²) in [6.45, 7) is 18.5. The van der Waals surface area contributed by atoms with E-state index in [9.17, 15) is 0 Å². The Labute approximate surface area is 123 Å². The molecule has 0 aliphatic heterocycles. The van der Waals surface area contributed by atoms with Gasteiger partial charge in [0.05, 0.1) is 25.7 Å². The van der Waals surface area contributed by atoms with Gasteiger partial charge in [0, 0.05) is 5.92 Å². The second kappa shape index (κ2) is 10.7. The smallest absolute Gasteiger partial charge is 0.0861 e. The third-order valence-electron chi connectivity index (χ3n) is 4.93. The third kappa shape index (κ3) is 6.79. The van der Waals surface area contributed by atoms with Crippen molar-refractivity contribution in [1.29, 1.82) is 0 Å². The summed E-state index contributed by atoms with van der Waals surface area (Å²) >= 11 is 0. The van der Waals surface area contributed by atoms with Crippen LogP contribution in [0.3, 0.4) is 0 Å². The van der Waals surface area contributed by atoms with Gasteiger partial charge in [-0.25, -0.2) is 0 Å². The quantitative estimate of drug-likeness (QED) is 0.403. The fourth-order valence-electron chi connectivity index (χ4n) is 3.30. The first kappa shape index (κ1) is 19.0. The van der Waals surface area contributed by atoms with Gasteiger partial charge < -0.3 is 4.48 Å². The van der Waals surface area contributed by atoms with Crippen LogP contribution in [-0.4, -0.2) is 30.2 Å². The Morgan fingerprint density at radius 2 is 1.32 bits per heavy atom. The standard InChI is InChI=1S/C18H40N/c1-7-11-14-19(15-12-8-2,16-17(5)10-4)18(6)13-9-3/h17-18H,7-16H2,1-6H3/q+1. The highest BCUT2D eigenvalue weighted by Crippen LogP contribution is 2.24. The minimum absolute atomic E-state index is 0.845. The van der Waals surface area contributed by atoms with Crippen LogP contribution < -0.4 is 0 Å². The highest BCUT2D eigenvalue weighted by Gasteiger charge is 2.33. The van der Waals surface area contributed by atoms with E-state index in [4.69, 9.17) is 0 Å². The van der Waals surface area contributed by atoms with Crippen LogP contribution >= 0.6 is 0 Å². The zero-order valence-electron chi connectivity index (χ0n) is 14.7. The molecule has 19 heavy (non-hydrogen) atoms. The van der Waals surface area contributed by atoms with Gasteiger partial charge in [-0.05, 0) is 32.6 Å². The Morgan fingerprint density at radius 3 is 1.68 bits per heavy atom. The van der Waals surface area contributed by atoms with E-state index in [1.54, 1.807) is 0 Å². The maximum Gasteiger partial charge on any atom is 0.0861 e. The molecule has 0 aromatic rings. The number of nitrogens with zero attached hydrogens (tertiary/aromatic N) is 1. The van der Waals surface area contributed by atoms with Crippen molar-refractivity contribution < 1.29 is 4.48 Å². The third-order valence-corrected chi connectivity index (χ3v) is 4.93. The van der Waals surface area contributed by atoms with Crippen LogP contribution in [0.2, 0.25) is 0 Å². The molecule has 2 unspecified atom stereocenters. The van der Waals surface area contributed by atoms with Crippen molar-refractivity contribution >= 4 is 0 Å². The minimum Gasteiger partial charge on any atom is -0.321 e. The van der Waals surface area contributed by atoms with Crippen LogP contribution in [0.5, 0.6) is 0 Å². The van der Waals surface area contributed by atoms with Crippen molar-refractivity contribution in [2.24, 2.45) is 5.92 Å². The molecule has 0 saturated carbocycles. The fourth-order valence-corrected chi connectivity index (χ4v) is 3.30. The van der Waals surface area contributed by atoms with Crippen LogP contribution in [0.1, 0.15) is 86.5 Å². The average Bonchev–Trinajstić information content (AvgIpc) is 2.41. The predicted molar refractivity (Wildman–Crippen MR) is 88.5 cm³/mol. The highest BCUT2D eigenvalue weighted by molar-refractivity contribution is 4.60. The summed E-state index contributed by atoms with van der Waals surface area (Å²) in [4.78, 5) is 0. The summed E-state index contributed by atoms with van der Waals surface area (Å²) in [7, 11) is 0. The van der Waals surface area contributed by atoms with Crippen molar-refractivity contribution in [3.8, 4) is 0 Å². The minimum atomic E-state index is 0.845. The number of hydrogen-bond acceptors (Lipinski definition) is 0. The molecule has 0 saturated heterocycles. The lowest BCUT2D eigenvalue weighted by Gasteiger charge is -2.45. The topological polar surface area (TPSA) is 0 Å². The summed E-state index contributed by atoms with van der Waals surface area (Å²) in [5, 5.41) is 0. The Hall–Kier alpha value is -0.0400. The monoisotopic (exact) mass is 270 g/mol. The van der Waals surface area contributed by atoms with Gasteiger partial charge in [-0.2, -0.15) is 0 Å². The van der Waals surface area contributed by atoms with Crippen LogP contribution in [0.25, 0.3) is 0 Å². The van der Waals surface area contributed by atoms with E-state index in [-0.39, 0.29) is 0 Å².